The molecule has 1 unspecified atom stereocenters. The second-order valence-electron chi connectivity index (χ2n) is 5.12. The molecule has 0 amide bonds. The molecule has 1 N–H and O–H groups in total. The highest BCUT2D eigenvalue weighted by Crippen LogP contribution is 2.23. The maximum absolute atomic E-state index is 5.31. The molecule has 3 heteroatoms. The third-order valence-corrected chi connectivity index (χ3v) is 3.96. The van der Waals surface area contributed by atoms with E-state index < -0.39 is 0 Å². The molecule has 0 saturated heterocycles. The fraction of sp³-hybridized carbons (Fsp3) is 0.333. The van der Waals surface area contributed by atoms with E-state index in [0.29, 0.717) is 6.04 Å². The SMILES string of the molecule is CCCNC(Cc1cccc(OC)c1)c1cccc(Br)c1. The molecule has 0 spiro atoms. The van der Waals surface area contributed by atoms with Crippen molar-refractivity contribution in [2.45, 2.75) is 25.8 Å². The molecule has 2 aromatic rings. The monoisotopic (exact) mass is 347 g/mol. The average molecular weight is 348 g/mol. The minimum absolute atomic E-state index is 0.314. The molecule has 0 aliphatic heterocycles. The fourth-order valence-electron chi connectivity index (χ4n) is 2.38. The Morgan fingerprint density at radius 3 is 2.67 bits per heavy atom. The van der Waals surface area contributed by atoms with Crippen molar-refractivity contribution >= 4 is 15.9 Å². The summed E-state index contributed by atoms with van der Waals surface area (Å²) in [5.41, 5.74) is 2.59. The summed E-state index contributed by atoms with van der Waals surface area (Å²) in [6.07, 6.45) is 2.08. The molecule has 0 bridgehead atoms. The minimum Gasteiger partial charge on any atom is -0.497 e. The van der Waals surface area contributed by atoms with Crippen LogP contribution < -0.4 is 10.1 Å². The zero-order valence-corrected chi connectivity index (χ0v) is 14.2. The van der Waals surface area contributed by atoms with E-state index in [1.54, 1.807) is 7.11 Å². The summed E-state index contributed by atoms with van der Waals surface area (Å²) in [5, 5.41) is 3.64. The van der Waals surface area contributed by atoms with Gasteiger partial charge < -0.3 is 10.1 Å². The van der Waals surface area contributed by atoms with Crippen molar-refractivity contribution in [2.75, 3.05) is 13.7 Å². The second-order valence-corrected chi connectivity index (χ2v) is 6.03. The van der Waals surface area contributed by atoms with Gasteiger partial charge in [-0.2, -0.15) is 0 Å². The van der Waals surface area contributed by atoms with Crippen LogP contribution in [-0.2, 0) is 6.42 Å². The fourth-order valence-corrected chi connectivity index (χ4v) is 2.80. The Bertz CT molecular complexity index is 571. The van der Waals surface area contributed by atoms with Gasteiger partial charge in [-0.05, 0) is 54.8 Å². The number of methoxy groups -OCH3 is 1. The Morgan fingerprint density at radius 1 is 1.14 bits per heavy atom. The van der Waals surface area contributed by atoms with Gasteiger partial charge in [-0.3, -0.25) is 0 Å². The summed E-state index contributed by atoms with van der Waals surface area (Å²) >= 11 is 3.56. The lowest BCUT2D eigenvalue weighted by Gasteiger charge is -2.20. The van der Waals surface area contributed by atoms with E-state index in [1.165, 1.54) is 11.1 Å². The Hall–Kier alpha value is -1.32. The largest absolute Gasteiger partial charge is 0.497 e. The summed E-state index contributed by atoms with van der Waals surface area (Å²) in [6, 6.07) is 17.1. The van der Waals surface area contributed by atoms with Crippen molar-refractivity contribution in [2.24, 2.45) is 0 Å². The molecule has 2 aromatic carbocycles. The van der Waals surface area contributed by atoms with Gasteiger partial charge in [0.05, 0.1) is 7.11 Å². The molecule has 0 aliphatic carbocycles. The summed E-state index contributed by atoms with van der Waals surface area (Å²) in [5.74, 6) is 0.913. The van der Waals surface area contributed by atoms with E-state index in [-0.39, 0.29) is 0 Å². The van der Waals surface area contributed by atoms with E-state index >= 15 is 0 Å². The van der Waals surface area contributed by atoms with Crippen LogP contribution in [0.25, 0.3) is 0 Å². The van der Waals surface area contributed by atoms with Crippen molar-refractivity contribution in [1.29, 1.82) is 0 Å². The van der Waals surface area contributed by atoms with Crippen LogP contribution in [0.4, 0.5) is 0 Å². The Morgan fingerprint density at radius 2 is 1.95 bits per heavy atom. The predicted molar refractivity (Wildman–Crippen MR) is 91.9 cm³/mol. The summed E-state index contributed by atoms with van der Waals surface area (Å²) in [4.78, 5) is 0. The molecular formula is C18H22BrNO. The van der Waals surface area contributed by atoms with Crippen molar-refractivity contribution < 1.29 is 4.74 Å². The standard InChI is InChI=1S/C18H22BrNO/c1-3-10-20-18(15-7-5-8-16(19)13-15)12-14-6-4-9-17(11-14)21-2/h4-9,11,13,18,20H,3,10,12H2,1-2H3. The van der Waals surface area contributed by atoms with E-state index in [1.807, 2.05) is 12.1 Å². The number of halogens is 1. The van der Waals surface area contributed by atoms with Crippen LogP contribution in [0.5, 0.6) is 5.75 Å². The van der Waals surface area contributed by atoms with Gasteiger partial charge in [0.15, 0.2) is 0 Å². The van der Waals surface area contributed by atoms with Gasteiger partial charge in [0.2, 0.25) is 0 Å². The lowest BCUT2D eigenvalue weighted by molar-refractivity contribution is 0.413. The maximum Gasteiger partial charge on any atom is 0.119 e. The first-order chi connectivity index (χ1) is 10.2. The van der Waals surface area contributed by atoms with Crippen LogP contribution in [0, 0.1) is 0 Å². The highest BCUT2D eigenvalue weighted by molar-refractivity contribution is 9.10. The topological polar surface area (TPSA) is 21.3 Å². The van der Waals surface area contributed by atoms with Gasteiger partial charge >= 0.3 is 0 Å². The third-order valence-electron chi connectivity index (χ3n) is 3.47. The highest BCUT2D eigenvalue weighted by Gasteiger charge is 2.12. The van der Waals surface area contributed by atoms with E-state index in [4.69, 9.17) is 4.74 Å². The van der Waals surface area contributed by atoms with Crippen LogP contribution in [0.15, 0.2) is 53.0 Å². The molecule has 0 aromatic heterocycles. The van der Waals surface area contributed by atoms with E-state index in [2.05, 4.69) is 64.6 Å². The molecular weight excluding hydrogens is 326 g/mol. The van der Waals surface area contributed by atoms with Crippen LogP contribution in [0.1, 0.15) is 30.5 Å². The van der Waals surface area contributed by atoms with Gasteiger partial charge in [-0.1, -0.05) is 47.1 Å². The van der Waals surface area contributed by atoms with Crippen molar-refractivity contribution in [3.05, 3.63) is 64.1 Å². The van der Waals surface area contributed by atoms with Crippen LogP contribution in [-0.4, -0.2) is 13.7 Å². The van der Waals surface area contributed by atoms with Crippen LogP contribution in [0.3, 0.4) is 0 Å². The number of hydrogen-bond acceptors (Lipinski definition) is 2. The third kappa shape index (κ3) is 4.87. The molecule has 0 aliphatic rings. The van der Waals surface area contributed by atoms with E-state index in [9.17, 15) is 0 Å². The Balaban J connectivity index is 2.19. The molecule has 0 saturated carbocycles. The number of ether oxygens (including phenoxy) is 1. The van der Waals surface area contributed by atoms with Gasteiger partial charge in [0, 0.05) is 10.5 Å². The first-order valence-corrected chi connectivity index (χ1v) is 8.14. The van der Waals surface area contributed by atoms with Gasteiger partial charge in [-0.25, -0.2) is 0 Å². The number of hydrogen-bond donors (Lipinski definition) is 1. The second kappa shape index (κ2) is 8.20. The van der Waals surface area contributed by atoms with Gasteiger partial charge in [0.1, 0.15) is 5.75 Å². The average Bonchev–Trinajstić information content (AvgIpc) is 2.51. The number of benzene rings is 2. The maximum atomic E-state index is 5.31. The molecule has 2 rings (SSSR count). The van der Waals surface area contributed by atoms with Crippen molar-refractivity contribution in [3.8, 4) is 5.75 Å². The van der Waals surface area contributed by atoms with E-state index in [0.717, 1.165) is 29.6 Å². The molecule has 0 fully saturated rings. The molecule has 0 radical (unpaired) electrons. The summed E-state index contributed by atoms with van der Waals surface area (Å²) in [7, 11) is 1.71. The zero-order chi connectivity index (χ0) is 15.1. The molecule has 112 valence electrons. The normalized spacial score (nSPS) is 12.1. The zero-order valence-electron chi connectivity index (χ0n) is 12.6. The molecule has 0 heterocycles. The highest BCUT2D eigenvalue weighted by atomic mass is 79.9. The van der Waals surface area contributed by atoms with Crippen molar-refractivity contribution in [3.63, 3.8) is 0 Å². The quantitative estimate of drug-likeness (QED) is 0.780. The Labute approximate surface area is 135 Å². The molecule has 21 heavy (non-hydrogen) atoms. The number of rotatable bonds is 7. The molecule has 2 nitrogen and oxygen atoms in total. The Kier molecular flexibility index (Phi) is 6.27. The minimum atomic E-state index is 0.314. The first kappa shape index (κ1) is 16.1. The lowest BCUT2D eigenvalue weighted by atomic mass is 9.98. The van der Waals surface area contributed by atoms with Crippen molar-refractivity contribution in [1.82, 2.24) is 5.32 Å². The van der Waals surface area contributed by atoms with Crippen LogP contribution in [0.2, 0.25) is 0 Å². The van der Waals surface area contributed by atoms with Gasteiger partial charge in [0.25, 0.3) is 0 Å². The predicted octanol–water partition coefficient (Wildman–Crippen LogP) is 4.74. The molecule has 1 atom stereocenters. The lowest BCUT2D eigenvalue weighted by Crippen LogP contribution is -2.24. The summed E-state index contributed by atoms with van der Waals surface area (Å²) < 4.78 is 6.43. The summed E-state index contributed by atoms with van der Waals surface area (Å²) in [6.45, 7) is 3.21. The first-order valence-electron chi connectivity index (χ1n) is 7.34. The number of nitrogens with one attached hydrogen (secondary N) is 1. The van der Waals surface area contributed by atoms with Gasteiger partial charge in [-0.15, -0.1) is 0 Å². The van der Waals surface area contributed by atoms with Crippen LogP contribution >= 0.6 is 15.9 Å². The smallest absolute Gasteiger partial charge is 0.119 e.